The Morgan fingerprint density at radius 2 is 1.86 bits per heavy atom. The Morgan fingerprint density at radius 3 is 2.49 bits per heavy atom. The molecule has 4 heterocycles. The first-order chi connectivity index (χ1) is 16.5. The first kappa shape index (κ1) is 24.3. The molecule has 2 fully saturated rings. The molecule has 1 saturated carbocycles. The van der Waals surface area contributed by atoms with E-state index in [1.54, 1.807) is 11.9 Å². The Balaban J connectivity index is 1.44. The van der Waals surface area contributed by atoms with Crippen LogP contribution in [0.3, 0.4) is 0 Å². The SMILES string of the molecule is Cc1c(-c2nc(NC3CCN(S(C)(=O)=O)CC3)ncc2F)sc2c1C(=O)N(C)C21CCC(=O)CC1. The highest BCUT2D eigenvalue weighted by Gasteiger charge is 2.52. The van der Waals surface area contributed by atoms with Gasteiger partial charge in [-0.15, -0.1) is 11.3 Å². The molecule has 3 aliphatic rings. The van der Waals surface area contributed by atoms with E-state index in [1.165, 1.54) is 21.9 Å². The molecule has 2 aromatic rings. The van der Waals surface area contributed by atoms with E-state index in [0.717, 1.165) is 11.1 Å². The van der Waals surface area contributed by atoms with Crippen molar-refractivity contribution in [2.24, 2.45) is 0 Å². The van der Waals surface area contributed by atoms with Gasteiger partial charge in [-0.3, -0.25) is 9.59 Å². The van der Waals surface area contributed by atoms with Gasteiger partial charge in [-0.1, -0.05) is 0 Å². The van der Waals surface area contributed by atoms with E-state index in [-0.39, 0.29) is 29.4 Å². The maximum Gasteiger partial charge on any atom is 0.255 e. The van der Waals surface area contributed by atoms with E-state index >= 15 is 0 Å². The number of aromatic nitrogens is 2. The number of carbonyl (C=O) groups excluding carboxylic acids is 2. The molecule has 1 spiro atoms. The topological polar surface area (TPSA) is 113 Å². The molecule has 0 bridgehead atoms. The second kappa shape index (κ2) is 8.59. The van der Waals surface area contributed by atoms with E-state index < -0.39 is 21.4 Å². The third-order valence-corrected chi connectivity index (χ3v) is 10.4. The van der Waals surface area contributed by atoms with Crippen LogP contribution < -0.4 is 5.32 Å². The minimum Gasteiger partial charge on any atom is -0.351 e. The van der Waals surface area contributed by atoms with Gasteiger partial charge in [0.1, 0.15) is 11.5 Å². The van der Waals surface area contributed by atoms with Crippen molar-refractivity contribution in [3.05, 3.63) is 28.0 Å². The number of nitrogens with zero attached hydrogens (tertiary/aromatic N) is 4. The van der Waals surface area contributed by atoms with Gasteiger partial charge in [0, 0.05) is 43.9 Å². The van der Waals surface area contributed by atoms with Gasteiger partial charge in [-0.2, -0.15) is 0 Å². The Hall–Kier alpha value is -2.44. The number of nitrogens with one attached hydrogen (secondary N) is 1. The second-order valence-corrected chi connectivity index (χ2v) is 12.7. The fraction of sp³-hybridized carbons (Fsp3) is 0.565. The molecule has 0 atom stereocenters. The summed E-state index contributed by atoms with van der Waals surface area (Å²) < 4.78 is 39.9. The fourth-order valence-electron chi connectivity index (χ4n) is 5.45. The summed E-state index contributed by atoms with van der Waals surface area (Å²) in [7, 11) is -1.44. The summed E-state index contributed by atoms with van der Waals surface area (Å²) in [5.74, 6) is -0.189. The van der Waals surface area contributed by atoms with E-state index in [9.17, 15) is 22.4 Å². The van der Waals surface area contributed by atoms with Crippen molar-refractivity contribution in [3.63, 3.8) is 0 Å². The lowest BCUT2D eigenvalue weighted by Gasteiger charge is -2.39. The predicted octanol–water partition coefficient (Wildman–Crippen LogP) is 2.91. The van der Waals surface area contributed by atoms with Crippen LogP contribution in [0.5, 0.6) is 0 Å². The Labute approximate surface area is 207 Å². The summed E-state index contributed by atoms with van der Waals surface area (Å²) in [5, 5.41) is 3.22. The van der Waals surface area contributed by atoms with Crippen molar-refractivity contribution in [1.29, 1.82) is 0 Å². The zero-order chi connectivity index (χ0) is 25.1. The van der Waals surface area contributed by atoms with Gasteiger partial charge in [0.15, 0.2) is 5.82 Å². The molecule has 1 saturated heterocycles. The normalized spacial score (nSPS) is 21.1. The zero-order valence-electron chi connectivity index (χ0n) is 19.9. The quantitative estimate of drug-likeness (QED) is 0.658. The molecular formula is C23H28FN5O4S2. The summed E-state index contributed by atoms with van der Waals surface area (Å²) in [6.07, 6.45) is 5.53. The summed E-state index contributed by atoms with van der Waals surface area (Å²) >= 11 is 1.38. The van der Waals surface area contributed by atoms with Crippen LogP contribution >= 0.6 is 11.3 Å². The Morgan fingerprint density at radius 1 is 1.20 bits per heavy atom. The van der Waals surface area contributed by atoms with Crippen LogP contribution in [0.25, 0.3) is 10.6 Å². The number of halogens is 1. The fourth-order valence-corrected chi connectivity index (χ4v) is 7.90. The molecule has 0 radical (unpaired) electrons. The number of carbonyl (C=O) groups is 2. The number of thiophene rings is 1. The highest BCUT2D eigenvalue weighted by Crippen LogP contribution is 2.53. The molecule has 1 amide bonds. The number of amides is 1. The Kier molecular flexibility index (Phi) is 5.96. The van der Waals surface area contributed by atoms with Crippen LogP contribution in [0.15, 0.2) is 6.20 Å². The van der Waals surface area contributed by atoms with Gasteiger partial charge in [0.05, 0.1) is 28.4 Å². The first-order valence-corrected chi connectivity index (χ1v) is 14.4. The van der Waals surface area contributed by atoms with Crippen molar-refractivity contribution in [3.8, 4) is 10.6 Å². The van der Waals surface area contributed by atoms with Crippen LogP contribution in [0, 0.1) is 12.7 Å². The maximum atomic E-state index is 15.0. The average molecular weight is 522 g/mol. The van der Waals surface area contributed by atoms with E-state index in [4.69, 9.17) is 0 Å². The number of fused-ring (bicyclic) bond motifs is 2. The lowest BCUT2D eigenvalue weighted by molar-refractivity contribution is -0.122. The van der Waals surface area contributed by atoms with Crippen LogP contribution in [-0.2, 0) is 20.4 Å². The molecule has 1 aliphatic carbocycles. The molecule has 5 rings (SSSR count). The minimum atomic E-state index is -3.22. The minimum absolute atomic E-state index is 0.0287. The number of anilines is 1. The van der Waals surface area contributed by atoms with Crippen molar-refractivity contribution < 1.29 is 22.4 Å². The van der Waals surface area contributed by atoms with Crippen LogP contribution in [0.4, 0.5) is 10.3 Å². The van der Waals surface area contributed by atoms with Gasteiger partial charge in [0.2, 0.25) is 16.0 Å². The largest absolute Gasteiger partial charge is 0.351 e. The van der Waals surface area contributed by atoms with E-state index in [0.29, 0.717) is 67.6 Å². The third-order valence-electron chi connectivity index (χ3n) is 7.58. The van der Waals surface area contributed by atoms with Crippen molar-refractivity contribution in [1.82, 2.24) is 19.2 Å². The molecule has 9 nitrogen and oxygen atoms in total. The summed E-state index contributed by atoms with van der Waals surface area (Å²) in [5.41, 5.74) is 0.917. The predicted molar refractivity (Wildman–Crippen MR) is 130 cm³/mol. The monoisotopic (exact) mass is 521 g/mol. The van der Waals surface area contributed by atoms with Crippen molar-refractivity contribution >= 4 is 39.0 Å². The highest BCUT2D eigenvalue weighted by molar-refractivity contribution is 7.88. The number of piperidine rings is 1. The number of ketones is 1. The van der Waals surface area contributed by atoms with Crippen LogP contribution in [0.2, 0.25) is 0 Å². The molecule has 2 aliphatic heterocycles. The molecule has 188 valence electrons. The average Bonchev–Trinajstić information content (AvgIpc) is 3.26. The molecule has 0 unspecified atom stereocenters. The summed E-state index contributed by atoms with van der Waals surface area (Å²) in [6.45, 7) is 2.63. The maximum absolute atomic E-state index is 15.0. The van der Waals surface area contributed by atoms with Gasteiger partial charge >= 0.3 is 0 Å². The van der Waals surface area contributed by atoms with Crippen molar-refractivity contribution in [2.45, 2.75) is 57.0 Å². The standard InChI is InChI=1S/C23H28FN5O4S2/c1-13-17-20(23(28(2)21(17)31)8-4-15(30)5-9-23)34-19(13)18-16(24)12-25-22(27-18)26-14-6-10-29(11-7-14)35(3,32)33/h12,14H,4-11H2,1-3H3,(H,25,26,27). The van der Waals surface area contributed by atoms with Crippen LogP contribution in [0.1, 0.15) is 59.3 Å². The number of hydrogen-bond donors (Lipinski definition) is 1. The van der Waals surface area contributed by atoms with Gasteiger partial charge in [0.25, 0.3) is 5.91 Å². The van der Waals surface area contributed by atoms with E-state index in [1.807, 2.05) is 6.92 Å². The third kappa shape index (κ3) is 4.05. The summed E-state index contributed by atoms with van der Waals surface area (Å²) in [4.78, 5) is 36.9. The lowest BCUT2D eigenvalue weighted by Crippen LogP contribution is -2.43. The van der Waals surface area contributed by atoms with Gasteiger partial charge in [-0.05, 0) is 38.2 Å². The highest BCUT2D eigenvalue weighted by atomic mass is 32.2. The first-order valence-electron chi connectivity index (χ1n) is 11.7. The molecule has 35 heavy (non-hydrogen) atoms. The molecule has 12 heteroatoms. The molecular weight excluding hydrogens is 493 g/mol. The van der Waals surface area contributed by atoms with E-state index in [2.05, 4.69) is 15.3 Å². The molecule has 2 aromatic heterocycles. The number of Topliss-reactive ketones (excluding diaryl/α,β-unsaturated/α-hetero) is 1. The van der Waals surface area contributed by atoms with Crippen LogP contribution in [-0.4, -0.2) is 71.7 Å². The zero-order valence-corrected chi connectivity index (χ0v) is 21.6. The van der Waals surface area contributed by atoms with Gasteiger partial charge in [-0.25, -0.2) is 27.1 Å². The van der Waals surface area contributed by atoms with Gasteiger partial charge < -0.3 is 10.2 Å². The summed E-state index contributed by atoms with van der Waals surface area (Å²) in [6, 6.07) is -0.0287. The molecule has 1 N–H and O–H groups in total. The molecule has 0 aromatic carbocycles. The Bertz CT molecular complexity index is 1310. The van der Waals surface area contributed by atoms with Crippen molar-refractivity contribution in [2.75, 3.05) is 31.7 Å². The lowest BCUT2D eigenvalue weighted by atomic mass is 9.80. The number of rotatable bonds is 4. The second-order valence-electron chi connectivity index (χ2n) is 9.67. The number of hydrogen-bond acceptors (Lipinski definition) is 8. The number of sulfonamides is 1. The smallest absolute Gasteiger partial charge is 0.255 e.